The first kappa shape index (κ1) is 10.3. The van der Waals surface area contributed by atoms with E-state index in [-0.39, 0.29) is 6.04 Å². The summed E-state index contributed by atoms with van der Waals surface area (Å²) >= 11 is 0. The summed E-state index contributed by atoms with van der Waals surface area (Å²) in [5, 5.41) is 6.22. The molecular weight excluding hydrogens is 138 g/mol. The molecule has 0 radical (unpaired) electrons. The molecule has 3 heteroatoms. The minimum atomic E-state index is 0.167. The normalized spacial score (nSPS) is 12.8. The summed E-state index contributed by atoms with van der Waals surface area (Å²) in [6.07, 6.45) is 0. The summed E-state index contributed by atoms with van der Waals surface area (Å²) in [4.78, 5) is 0. The highest BCUT2D eigenvalue weighted by Gasteiger charge is 1.96. The molecule has 0 aromatic rings. The van der Waals surface area contributed by atoms with Crippen LogP contribution in [0.25, 0.3) is 0 Å². The minimum Gasteiger partial charge on any atom is -0.371 e. The molecule has 0 aliphatic carbocycles. The molecule has 3 nitrogen and oxygen atoms in total. The highest BCUT2D eigenvalue weighted by Crippen LogP contribution is 1.83. The Balaban J connectivity index is 3.38. The molecular formula is C8H19N3. The lowest BCUT2D eigenvalue weighted by Crippen LogP contribution is -2.36. The van der Waals surface area contributed by atoms with E-state index in [1.165, 1.54) is 0 Å². The third-order valence-electron chi connectivity index (χ3n) is 1.10. The van der Waals surface area contributed by atoms with Crippen molar-refractivity contribution in [2.75, 3.05) is 6.54 Å². The molecule has 1 atom stereocenters. The van der Waals surface area contributed by atoms with Gasteiger partial charge in [0.1, 0.15) is 0 Å². The van der Waals surface area contributed by atoms with E-state index < -0.39 is 0 Å². The fourth-order valence-electron chi connectivity index (χ4n) is 0.684. The molecule has 4 N–H and O–H groups in total. The summed E-state index contributed by atoms with van der Waals surface area (Å²) in [5.74, 6) is 0.845. The Hall–Kier alpha value is -0.700. The summed E-state index contributed by atoms with van der Waals surface area (Å²) in [7, 11) is 0. The van der Waals surface area contributed by atoms with Crippen molar-refractivity contribution in [3.8, 4) is 0 Å². The number of rotatable bonds is 5. The molecule has 0 saturated heterocycles. The van der Waals surface area contributed by atoms with Crippen LogP contribution in [0.5, 0.6) is 0 Å². The summed E-state index contributed by atoms with van der Waals surface area (Å²) < 4.78 is 0. The number of nitrogens with two attached hydrogens (primary N) is 1. The lowest BCUT2D eigenvalue weighted by Gasteiger charge is -2.15. The SMILES string of the molecule is C=C(NCC(C)N)NC(C)C. The Morgan fingerprint density at radius 2 is 2.00 bits per heavy atom. The van der Waals surface area contributed by atoms with Gasteiger partial charge in [-0.05, 0) is 20.8 Å². The molecule has 0 fully saturated rings. The predicted octanol–water partition coefficient (Wildman–Crippen LogP) is 0.392. The Labute approximate surface area is 69.0 Å². The van der Waals surface area contributed by atoms with E-state index in [9.17, 15) is 0 Å². The molecule has 0 aromatic carbocycles. The predicted molar refractivity (Wildman–Crippen MR) is 49.1 cm³/mol. The molecule has 66 valence electrons. The van der Waals surface area contributed by atoms with Gasteiger partial charge < -0.3 is 16.4 Å². The maximum absolute atomic E-state index is 5.54. The summed E-state index contributed by atoms with van der Waals surface area (Å²) in [5.41, 5.74) is 5.54. The minimum absolute atomic E-state index is 0.167. The first-order chi connectivity index (χ1) is 5.02. The van der Waals surface area contributed by atoms with Crippen molar-refractivity contribution in [1.29, 1.82) is 0 Å². The van der Waals surface area contributed by atoms with Gasteiger partial charge in [0.15, 0.2) is 0 Å². The van der Waals surface area contributed by atoms with Crippen molar-refractivity contribution in [1.82, 2.24) is 10.6 Å². The monoisotopic (exact) mass is 157 g/mol. The van der Waals surface area contributed by atoms with E-state index in [1.807, 2.05) is 6.92 Å². The van der Waals surface area contributed by atoms with Crippen LogP contribution in [0.1, 0.15) is 20.8 Å². The molecule has 0 aromatic heterocycles. The Kier molecular flexibility index (Phi) is 4.70. The lowest BCUT2D eigenvalue weighted by atomic mass is 10.3. The molecule has 0 rings (SSSR count). The lowest BCUT2D eigenvalue weighted by molar-refractivity contribution is 0.582. The largest absolute Gasteiger partial charge is 0.371 e. The second-order valence-corrected chi connectivity index (χ2v) is 3.14. The summed E-state index contributed by atoms with van der Waals surface area (Å²) in [6, 6.07) is 0.587. The van der Waals surface area contributed by atoms with Gasteiger partial charge in [0, 0.05) is 18.6 Å². The number of hydrogen-bond donors (Lipinski definition) is 3. The zero-order valence-electron chi connectivity index (χ0n) is 7.65. The second kappa shape index (κ2) is 5.02. The zero-order chi connectivity index (χ0) is 8.85. The fraction of sp³-hybridized carbons (Fsp3) is 0.750. The molecule has 0 saturated carbocycles. The third kappa shape index (κ3) is 7.19. The van der Waals surface area contributed by atoms with Crippen LogP contribution in [0.3, 0.4) is 0 Å². The highest BCUT2D eigenvalue weighted by atomic mass is 15.1. The molecule has 0 bridgehead atoms. The third-order valence-corrected chi connectivity index (χ3v) is 1.10. The molecule has 1 unspecified atom stereocenters. The van der Waals surface area contributed by atoms with Crippen molar-refractivity contribution < 1.29 is 0 Å². The first-order valence-electron chi connectivity index (χ1n) is 3.97. The maximum atomic E-state index is 5.54. The molecule has 11 heavy (non-hydrogen) atoms. The van der Waals surface area contributed by atoms with Gasteiger partial charge >= 0.3 is 0 Å². The van der Waals surface area contributed by atoms with Gasteiger partial charge in [-0.15, -0.1) is 0 Å². The van der Waals surface area contributed by atoms with Gasteiger partial charge in [-0.2, -0.15) is 0 Å². The van der Waals surface area contributed by atoms with Crippen LogP contribution < -0.4 is 16.4 Å². The molecule has 0 spiro atoms. The van der Waals surface area contributed by atoms with Gasteiger partial charge in [-0.1, -0.05) is 6.58 Å². The van der Waals surface area contributed by atoms with E-state index >= 15 is 0 Å². The topological polar surface area (TPSA) is 50.1 Å². The second-order valence-electron chi connectivity index (χ2n) is 3.14. The summed E-state index contributed by atoms with van der Waals surface area (Å²) in [6.45, 7) is 10.6. The maximum Gasteiger partial charge on any atom is 0.0914 e. The molecule has 0 heterocycles. The zero-order valence-corrected chi connectivity index (χ0v) is 7.65. The van der Waals surface area contributed by atoms with Crippen molar-refractivity contribution in [3.63, 3.8) is 0 Å². The van der Waals surface area contributed by atoms with Crippen LogP contribution in [0.15, 0.2) is 12.4 Å². The van der Waals surface area contributed by atoms with Crippen LogP contribution in [0, 0.1) is 0 Å². The Morgan fingerprint density at radius 3 is 2.36 bits per heavy atom. The van der Waals surface area contributed by atoms with Crippen molar-refractivity contribution in [2.45, 2.75) is 32.9 Å². The van der Waals surface area contributed by atoms with Gasteiger partial charge in [0.25, 0.3) is 0 Å². The van der Waals surface area contributed by atoms with E-state index in [0.29, 0.717) is 6.04 Å². The van der Waals surface area contributed by atoms with E-state index in [4.69, 9.17) is 5.73 Å². The van der Waals surface area contributed by atoms with Crippen molar-refractivity contribution >= 4 is 0 Å². The van der Waals surface area contributed by atoms with Crippen LogP contribution in [-0.2, 0) is 0 Å². The van der Waals surface area contributed by atoms with Gasteiger partial charge in [0.2, 0.25) is 0 Å². The van der Waals surface area contributed by atoms with Crippen LogP contribution in [0.2, 0.25) is 0 Å². The van der Waals surface area contributed by atoms with Crippen LogP contribution in [-0.4, -0.2) is 18.6 Å². The first-order valence-corrected chi connectivity index (χ1v) is 3.97. The van der Waals surface area contributed by atoms with Gasteiger partial charge in [-0.25, -0.2) is 0 Å². The Bertz CT molecular complexity index is 119. The average molecular weight is 157 g/mol. The molecule has 0 aliphatic rings. The fourth-order valence-corrected chi connectivity index (χ4v) is 0.684. The van der Waals surface area contributed by atoms with E-state index in [0.717, 1.165) is 12.4 Å². The molecule has 0 amide bonds. The highest BCUT2D eigenvalue weighted by molar-refractivity contribution is 4.89. The van der Waals surface area contributed by atoms with Gasteiger partial charge in [0.05, 0.1) is 5.82 Å². The van der Waals surface area contributed by atoms with Crippen molar-refractivity contribution in [2.24, 2.45) is 5.73 Å². The quantitative estimate of drug-likeness (QED) is 0.541. The van der Waals surface area contributed by atoms with Crippen molar-refractivity contribution in [3.05, 3.63) is 12.4 Å². The van der Waals surface area contributed by atoms with Crippen LogP contribution in [0.4, 0.5) is 0 Å². The van der Waals surface area contributed by atoms with E-state index in [1.54, 1.807) is 0 Å². The number of hydrogen-bond acceptors (Lipinski definition) is 3. The molecule has 0 aliphatic heterocycles. The standard InChI is InChI=1S/C8H19N3/c1-6(2)11-8(4)10-5-7(3)9/h6-7,10-11H,4-5,9H2,1-3H3. The average Bonchev–Trinajstić information content (AvgIpc) is 1.82. The smallest absolute Gasteiger partial charge is 0.0914 e. The Morgan fingerprint density at radius 1 is 1.45 bits per heavy atom. The van der Waals surface area contributed by atoms with Crippen LogP contribution >= 0.6 is 0 Å². The number of nitrogens with one attached hydrogen (secondary N) is 2. The van der Waals surface area contributed by atoms with E-state index in [2.05, 4.69) is 31.1 Å². The van der Waals surface area contributed by atoms with Gasteiger partial charge in [-0.3, -0.25) is 0 Å².